The van der Waals surface area contributed by atoms with Gasteiger partial charge in [-0.1, -0.05) is 25.0 Å². The maximum Gasteiger partial charge on any atom is 0.251 e. The van der Waals surface area contributed by atoms with Crippen LogP contribution in [0.25, 0.3) is 0 Å². The van der Waals surface area contributed by atoms with E-state index in [9.17, 15) is 9.59 Å². The molecule has 0 radical (unpaired) electrons. The van der Waals surface area contributed by atoms with E-state index in [1.807, 2.05) is 63.6 Å². The average molecular weight is 437 g/mol. The standard InChI is InChI=1S/C26H36N4O2/c1-18-13-21(26(32)27-2)11-10-20(18)15-23(30(3)4)17-29-25(31)16-22(14-19-8-9-19)24-7-5-6-12-28-24/h5-7,10-13,19,22-23H,8-9,14-17H2,1-4H3,(H,27,32)(H,29,31)/t22-,23+/m1/s1. The fourth-order valence-electron chi connectivity index (χ4n) is 4.11. The molecule has 6 heteroatoms. The van der Waals surface area contributed by atoms with Gasteiger partial charge in [0, 0.05) is 49.4 Å². The second-order valence-electron chi connectivity index (χ2n) is 9.18. The molecule has 0 saturated heterocycles. The molecule has 6 nitrogen and oxygen atoms in total. The van der Waals surface area contributed by atoms with Gasteiger partial charge >= 0.3 is 0 Å². The lowest BCUT2D eigenvalue weighted by atomic mass is 9.93. The van der Waals surface area contributed by atoms with Crippen LogP contribution in [0, 0.1) is 12.8 Å². The number of nitrogens with zero attached hydrogens (tertiary/aromatic N) is 2. The highest BCUT2D eigenvalue weighted by Crippen LogP contribution is 2.39. The van der Waals surface area contributed by atoms with Crippen LogP contribution >= 0.6 is 0 Å². The molecule has 1 fully saturated rings. The predicted molar refractivity (Wildman–Crippen MR) is 128 cm³/mol. The summed E-state index contributed by atoms with van der Waals surface area (Å²) < 4.78 is 0. The second-order valence-corrected chi connectivity index (χ2v) is 9.18. The number of hydrogen-bond acceptors (Lipinski definition) is 4. The van der Waals surface area contributed by atoms with Gasteiger partial charge in [0.2, 0.25) is 5.91 Å². The van der Waals surface area contributed by atoms with Gasteiger partial charge in [-0.05, 0) is 75.2 Å². The second kappa shape index (κ2) is 11.2. The number of aryl methyl sites for hydroxylation is 1. The van der Waals surface area contributed by atoms with Crippen molar-refractivity contribution in [2.24, 2.45) is 5.92 Å². The van der Waals surface area contributed by atoms with E-state index in [2.05, 4.69) is 20.5 Å². The Balaban J connectivity index is 1.59. The highest BCUT2D eigenvalue weighted by atomic mass is 16.2. The first-order chi connectivity index (χ1) is 15.4. The van der Waals surface area contributed by atoms with Crippen LogP contribution in [0.5, 0.6) is 0 Å². The molecule has 2 N–H and O–H groups in total. The fourth-order valence-corrected chi connectivity index (χ4v) is 4.11. The summed E-state index contributed by atoms with van der Waals surface area (Å²) in [7, 11) is 5.71. The molecule has 1 aromatic carbocycles. The minimum atomic E-state index is -0.0790. The van der Waals surface area contributed by atoms with Gasteiger partial charge in [0.05, 0.1) is 0 Å². The van der Waals surface area contributed by atoms with Crippen LogP contribution in [-0.2, 0) is 11.2 Å². The quantitative estimate of drug-likeness (QED) is 0.567. The molecule has 0 aliphatic heterocycles. The Kier molecular flexibility index (Phi) is 8.39. The lowest BCUT2D eigenvalue weighted by Crippen LogP contribution is -2.42. The predicted octanol–water partition coefficient (Wildman–Crippen LogP) is 3.31. The monoisotopic (exact) mass is 436 g/mol. The minimum Gasteiger partial charge on any atom is -0.355 e. The van der Waals surface area contributed by atoms with Gasteiger partial charge in [-0.25, -0.2) is 0 Å². The van der Waals surface area contributed by atoms with Crippen molar-refractivity contribution in [3.8, 4) is 0 Å². The van der Waals surface area contributed by atoms with Crippen LogP contribution in [0.1, 0.15) is 58.8 Å². The summed E-state index contributed by atoms with van der Waals surface area (Å²) in [6.45, 7) is 2.61. The molecule has 32 heavy (non-hydrogen) atoms. The zero-order valence-electron chi connectivity index (χ0n) is 19.7. The highest BCUT2D eigenvalue weighted by Gasteiger charge is 2.28. The lowest BCUT2D eigenvalue weighted by Gasteiger charge is -2.26. The Bertz CT molecular complexity index is 909. The number of nitrogens with one attached hydrogen (secondary N) is 2. The molecule has 1 aromatic heterocycles. The molecule has 1 saturated carbocycles. The van der Waals surface area contributed by atoms with Gasteiger partial charge in [0.25, 0.3) is 5.91 Å². The first kappa shape index (κ1) is 23.9. The largest absolute Gasteiger partial charge is 0.355 e. The Morgan fingerprint density at radius 3 is 2.56 bits per heavy atom. The molecule has 2 atom stereocenters. The van der Waals surface area contributed by atoms with Crippen LogP contribution in [0.2, 0.25) is 0 Å². The maximum atomic E-state index is 12.8. The van der Waals surface area contributed by atoms with Crippen molar-refractivity contribution in [2.45, 2.75) is 51.0 Å². The summed E-state index contributed by atoms with van der Waals surface area (Å²) in [6.07, 6.45) is 6.68. The molecule has 0 unspecified atom stereocenters. The summed E-state index contributed by atoms with van der Waals surface area (Å²) >= 11 is 0. The Morgan fingerprint density at radius 2 is 1.97 bits per heavy atom. The molecular weight excluding hydrogens is 400 g/mol. The topological polar surface area (TPSA) is 74.3 Å². The fraction of sp³-hybridized carbons (Fsp3) is 0.500. The van der Waals surface area contributed by atoms with Crippen LogP contribution in [-0.4, -0.2) is 55.4 Å². The maximum absolute atomic E-state index is 12.8. The normalized spacial score (nSPS) is 15.3. The van der Waals surface area contributed by atoms with Gasteiger partial charge in [0.15, 0.2) is 0 Å². The van der Waals surface area contributed by atoms with Crippen LogP contribution < -0.4 is 10.6 Å². The van der Waals surface area contributed by atoms with E-state index in [1.54, 1.807) is 7.05 Å². The van der Waals surface area contributed by atoms with Crippen molar-refractivity contribution >= 4 is 11.8 Å². The third-order valence-electron chi connectivity index (χ3n) is 6.41. The number of likely N-dealkylation sites (N-methyl/N-ethyl adjacent to an activating group) is 1. The van der Waals surface area contributed by atoms with E-state index < -0.39 is 0 Å². The van der Waals surface area contributed by atoms with Crippen LogP contribution in [0.15, 0.2) is 42.6 Å². The van der Waals surface area contributed by atoms with Crippen LogP contribution in [0.3, 0.4) is 0 Å². The molecule has 3 rings (SSSR count). The zero-order chi connectivity index (χ0) is 23.1. The molecule has 0 spiro atoms. The summed E-state index contributed by atoms with van der Waals surface area (Å²) in [5.41, 5.74) is 3.96. The molecule has 1 heterocycles. The molecule has 1 aliphatic rings. The average Bonchev–Trinajstić information content (AvgIpc) is 3.61. The SMILES string of the molecule is CNC(=O)c1ccc(C[C@@H](CNC(=O)C[C@@H](CC2CC2)c2ccccn2)N(C)C)c(C)c1. The molecule has 1 aliphatic carbocycles. The highest BCUT2D eigenvalue weighted by molar-refractivity contribution is 5.94. The third-order valence-corrected chi connectivity index (χ3v) is 6.41. The Hall–Kier alpha value is -2.73. The van der Waals surface area contributed by atoms with Gasteiger partial charge in [-0.3, -0.25) is 14.6 Å². The van der Waals surface area contributed by atoms with Crippen molar-refractivity contribution in [2.75, 3.05) is 27.7 Å². The minimum absolute atomic E-state index is 0.0790. The van der Waals surface area contributed by atoms with Crippen molar-refractivity contribution in [3.63, 3.8) is 0 Å². The van der Waals surface area contributed by atoms with E-state index in [0.29, 0.717) is 18.5 Å². The zero-order valence-corrected chi connectivity index (χ0v) is 19.7. The summed E-state index contributed by atoms with van der Waals surface area (Å²) in [4.78, 5) is 31.4. The number of carbonyl (C=O) groups is 2. The number of pyridine rings is 1. The van der Waals surface area contributed by atoms with Crippen LogP contribution in [0.4, 0.5) is 0 Å². The number of hydrogen-bond donors (Lipinski definition) is 2. The van der Waals surface area contributed by atoms with Crippen molar-refractivity contribution < 1.29 is 9.59 Å². The molecular formula is C26H36N4O2. The molecule has 172 valence electrons. The van der Waals surface area contributed by atoms with E-state index in [4.69, 9.17) is 0 Å². The first-order valence-electron chi connectivity index (χ1n) is 11.5. The number of benzene rings is 1. The van der Waals surface area contributed by atoms with Crippen molar-refractivity contribution in [1.29, 1.82) is 0 Å². The van der Waals surface area contributed by atoms with E-state index >= 15 is 0 Å². The van der Waals surface area contributed by atoms with Crippen molar-refractivity contribution in [1.82, 2.24) is 20.5 Å². The van der Waals surface area contributed by atoms with Gasteiger partial charge in [-0.2, -0.15) is 0 Å². The Labute approximate surface area is 191 Å². The number of carbonyl (C=O) groups excluding carboxylic acids is 2. The van der Waals surface area contributed by atoms with E-state index in [1.165, 1.54) is 18.4 Å². The van der Waals surface area contributed by atoms with Gasteiger partial charge in [-0.15, -0.1) is 0 Å². The van der Waals surface area contributed by atoms with Gasteiger partial charge in [0.1, 0.15) is 0 Å². The molecule has 2 amide bonds. The molecule has 0 bridgehead atoms. The first-order valence-corrected chi connectivity index (χ1v) is 11.5. The van der Waals surface area contributed by atoms with Gasteiger partial charge < -0.3 is 15.5 Å². The molecule has 2 aromatic rings. The lowest BCUT2D eigenvalue weighted by molar-refractivity contribution is -0.121. The van der Waals surface area contributed by atoms with Crippen molar-refractivity contribution in [3.05, 3.63) is 65.0 Å². The third kappa shape index (κ3) is 6.89. The van der Waals surface area contributed by atoms with E-state index in [0.717, 1.165) is 30.0 Å². The summed E-state index contributed by atoms with van der Waals surface area (Å²) in [6, 6.07) is 11.9. The summed E-state index contributed by atoms with van der Waals surface area (Å²) in [5.74, 6) is 0.927. The number of aromatic nitrogens is 1. The Morgan fingerprint density at radius 1 is 1.19 bits per heavy atom. The van der Waals surface area contributed by atoms with E-state index in [-0.39, 0.29) is 23.8 Å². The number of amides is 2. The number of rotatable bonds is 11. The smallest absolute Gasteiger partial charge is 0.251 e. The summed E-state index contributed by atoms with van der Waals surface area (Å²) in [5, 5.41) is 5.83.